The smallest absolute Gasteiger partial charge is 0.411 e. The summed E-state index contributed by atoms with van der Waals surface area (Å²) < 4.78 is 52.9. The number of alkyl halides is 3. The highest BCUT2D eigenvalue weighted by molar-refractivity contribution is 6.68. The van der Waals surface area contributed by atoms with E-state index in [1.54, 1.807) is 11.8 Å². The maximum atomic E-state index is 14.6. The SMILES string of the molecule is CCC(Oc1c(F)ccc(F)c1F)C1NCC2C=CCC1(c1ccccc1)N2C(=O)OC(C)(C)C(Cl)(Cl)Cl. The average molecular weight is 592 g/mol. The number of nitrogens with one attached hydrogen (secondary N) is 1. The Balaban J connectivity index is 1.83. The van der Waals surface area contributed by atoms with Crippen LogP contribution in [0.4, 0.5) is 18.0 Å². The average Bonchev–Trinajstić information content (AvgIpc) is 2.86. The lowest BCUT2D eigenvalue weighted by Gasteiger charge is -2.58. The molecule has 0 aliphatic carbocycles. The van der Waals surface area contributed by atoms with Crippen LogP contribution in [0, 0.1) is 17.5 Å². The molecule has 2 aromatic carbocycles. The minimum atomic E-state index is -1.91. The first-order valence-electron chi connectivity index (χ1n) is 12.2. The fraction of sp³-hybridized carbons (Fsp3) is 0.444. The van der Waals surface area contributed by atoms with Crippen LogP contribution in [0.1, 0.15) is 39.2 Å². The van der Waals surface area contributed by atoms with E-state index in [1.807, 2.05) is 42.5 Å². The molecule has 2 aliphatic heterocycles. The van der Waals surface area contributed by atoms with Gasteiger partial charge in [-0.3, -0.25) is 4.90 Å². The van der Waals surface area contributed by atoms with Gasteiger partial charge in [0.1, 0.15) is 6.10 Å². The van der Waals surface area contributed by atoms with Crippen molar-refractivity contribution in [1.29, 1.82) is 0 Å². The first-order valence-corrected chi connectivity index (χ1v) is 13.3. The van der Waals surface area contributed by atoms with E-state index < -0.39 is 62.4 Å². The van der Waals surface area contributed by atoms with Crippen LogP contribution in [0.5, 0.6) is 5.75 Å². The molecule has 2 heterocycles. The third kappa shape index (κ3) is 5.08. The van der Waals surface area contributed by atoms with Gasteiger partial charge in [-0.2, -0.15) is 4.39 Å². The maximum absolute atomic E-state index is 14.6. The zero-order chi connectivity index (χ0) is 27.9. The van der Waals surface area contributed by atoms with E-state index in [0.717, 1.165) is 11.6 Å². The molecule has 2 bridgehead atoms. The molecule has 1 fully saturated rings. The molecule has 4 unspecified atom stereocenters. The van der Waals surface area contributed by atoms with E-state index in [9.17, 15) is 18.0 Å². The van der Waals surface area contributed by atoms with E-state index >= 15 is 0 Å². The molecule has 206 valence electrons. The molecular weight excluding hydrogens is 564 g/mol. The zero-order valence-corrected chi connectivity index (χ0v) is 23.3. The summed E-state index contributed by atoms with van der Waals surface area (Å²) in [7, 11) is 0. The van der Waals surface area contributed by atoms with E-state index in [1.165, 1.54) is 13.8 Å². The lowest BCUT2D eigenvalue weighted by Crippen LogP contribution is -2.74. The first-order chi connectivity index (χ1) is 17.8. The van der Waals surface area contributed by atoms with Gasteiger partial charge in [-0.05, 0) is 44.4 Å². The van der Waals surface area contributed by atoms with Crippen molar-refractivity contribution in [2.45, 2.75) is 66.7 Å². The predicted octanol–water partition coefficient (Wildman–Crippen LogP) is 7.04. The summed E-state index contributed by atoms with van der Waals surface area (Å²) in [5.41, 5.74) is -1.88. The van der Waals surface area contributed by atoms with Crippen LogP contribution in [0.2, 0.25) is 0 Å². The third-order valence-electron chi connectivity index (χ3n) is 7.15. The molecule has 0 saturated carbocycles. The highest BCUT2D eigenvalue weighted by Gasteiger charge is 2.58. The molecule has 2 aromatic rings. The molecule has 1 N–H and O–H groups in total. The molecule has 2 aliphatic rings. The molecule has 11 heteroatoms. The molecular formula is C27H28Cl3F3N2O3. The van der Waals surface area contributed by atoms with Gasteiger partial charge < -0.3 is 14.8 Å². The number of ether oxygens (including phenoxy) is 2. The molecule has 1 amide bonds. The highest BCUT2D eigenvalue weighted by Crippen LogP contribution is 2.47. The summed E-state index contributed by atoms with van der Waals surface area (Å²) in [6.07, 6.45) is 2.81. The number of nitrogens with zero attached hydrogens (tertiary/aromatic N) is 1. The Kier molecular flexibility index (Phi) is 8.20. The number of carbonyl (C=O) groups is 1. The Morgan fingerprint density at radius 2 is 1.79 bits per heavy atom. The van der Waals surface area contributed by atoms with E-state index in [0.29, 0.717) is 12.5 Å². The van der Waals surface area contributed by atoms with Crippen molar-refractivity contribution < 1.29 is 27.4 Å². The van der Waals surface area contributed by atoms with Gasteiger partial charge in [-0.15, -0.1) is 0 Å². The van der Waals surface area contributed by atoms with Crippen molar-refractivity contribution in [3.63, 3.8) is 0 Å². The number of piperazine rings is 1. The number of hydrogen-bond acceptors (Lipinski definition) is 4. The quantitative estimate of drug-likeness (QED) is 0.222. The van der Waals surface area contributed by atoms with Crippen molar-refractivity contribution in [1.82, 2.24) is 10.2 Å². The van der Waals surface area contributed by atoms with Gasteiger partial charge in [0, 0.05) is 6.54 Å². The molecule has 4 rings (SSSR count). The Labute approximate surface area is 234 Å². The van der Waals surface area contributed by atoms with Crippen molar-refractivity contribution >= 4 is 40.9 Å². The lowest BCUT2D eigenvalue weighted by molar-refractivity contribution is -0.0689. The van der Waals surface area contributed by atoms with Crippen LogP contribution in [0.15, 0.2) is 54.6 Å². The number of benzene rings is 2. The van der Waals surface area contributed by atoms with E-state index in [2.05, 4.69) is 5.32 Å². The van der Waals surface area contributed by atoms with Gasteiger partial charge in [-0.1, -0.05) is 84.2 Å². The van der Waals surface area contributed by atoms with Gasteiger partial charge in [0.25, 0.3) is 0 Å². The molecule has 4 atom stereocenters. The minimum absolute atomic E-state index is 0.276. The third-order valence-corrected chi connectivity index (χ3v) is 8.52. The van der Waals surface area contributed by atoms with E-state index in [-0.39, 0.29) is 13.0 Å². The first kappa shape index (κ1) is 28.9. The van der Waals surface area contributed by atoms with Crippen LogP contribution >= 0.6 is 34.8 Å². The summed E-state index contributed by atoms with van der Waals surface area (Å²) in [6.45, 7) is 5.05. The number of rotatable bonds is 6. The molecule has 1 saturated heterocycles. The Morgan fingerprint density at radius 3 is 2.42 bits per heavy atom. The van der Waals surface area contributed by atoms with Crippen molar-refractivity contribution in [2.75, 3.05) is 6.54 Å². The van der Waals surface area contributed by atoms with Crippen molar-refractivity contribution in [3.8, 4) is 5.75 Å². The number of amides is 1. The maximum Gasteiger partial charge on any atom is 0.411 e. The van der Waals surface area contributed by atoms with Gasteiger partial charge >= 0.3 is 6.09 Å². The second kappa shape index (κ2) is 10.8. The topological polar surface area (TPSA) is 50.8 Å². The Bertz CT molecular complexity index is 1210. The lowest BCUT2D eigenvalue weighted by atomic mass is 9.71. The predicted molar refractivity (Wildman–Crippen MR) is 141 cm³/mol. The fourth-order valence-electron chi connectivity index (χ4n) is 5.12. The van der Waals surface area contributed by atoms with Gasteiger partial charge in [0.15, 0.2) is 23.0 Å². The molecule has 38 heavy (non-hydrogen) atoms. The standard InChI is InChI=1S/C27H28Cl3F3N2O3/c1-4-20(37-22-19(32)13-12-18(31)21(22)33)23-26(16-9-6-5-7-10-16)14-8-11-17(15-34-23)35(26)24(36)38-25(2,3)27(28,29)30/h5-13,17,20,23,34H,4,14-15H2,1-3H3. The van der Waals surface area contributed by atoms with Crippen LogP contribution in [0.3, 0.4) is 0 Å². The number of halogens is 6. The van der Waals surface area contributed by atoms with Crippen molar-refractivity contribution in [3.05, 3.63) is 77.6 Å². The van der Waals surface area contributed by atoms with Crippen molar-refractivity contribution in [2.24, 2.45) is 0 Å². The molecule has 0 spiro atoms. The monoisotopic (exact) mass is 590 g/mol. The molecule has 0 radical (unpaired) electrons. The van der Waals surface area contributed by atoms with Gasteiger partial charge in [0.2, 0.25) is 9.61 Å². The summed E-state index contributed by atoms with van der Waals surface area (Å²) in [6, 6.07) is 9.56. The highest BCUT2D eigenvalue weighted by atomic mass is 35.6. The summed E-state index contributed by atoms with van der Waals surface area (Å²) in [5.74, 6) is -4.50. The number of hydrogen-bond donors (Lipinski definition) is 1. The Hall–Kier alpha value is -2.13. The van der Waals surface area contributed by atoms with Crippen LogP contribution in [0.25, 0.3) is 0 Å². The Morgan fingerprint density at radius 1 is 1.13 bits per heavy atom. The molecule has 0 aromatic heterocycles. The summed E-state index contributed by atoms with van der Waals surface area (Å²) in [5, 5.41) is 3.42. The second-order valence-corrected chi connectivity index (χ2v) is 12.1. The number of carbonyl (C=O) groups excluding carboxylic acids is 1. The van der Waals surface area contributed by atoms with E-state index in [4.69, 9.17) is 44.3 Å². The van der Waals surface area contributed by atoms with Crippen LogP contribution < -0.4 is 10.1 Å². The normalized spacial score (nSPS) is 24.2. The zero-order valence-electron chi connectivity index (χ0n) is 21.0. The summed E-state index contributed by atoms with van der Waals surface area (Å²) >= 11 is 18.3. The second-order valence-electron chi connectivity index (χ2n) is 9.86. The van der Waals surface area contributed by atoms with Gasteiger partial charge in [-0.25, -0.2) is 13.6 Å². The van der Waals surface area contributed by atoms with Gasteiger partial charge in [0.05, 0.1) is 17.6 Å². The largest absolute Gasteiger partial charge is 0.483 e. The number of fused-ring (bicyclic) bond motifs is 2. The summed E-state index contributed by atoms with van der Waals surface area (Å²) in [4.78, 5) is 15.5. The van der Waals surface area contributed by atoms with Crippen LogP contribution in [-0.2, 0) is 10.3 Å². The minimum Gasteiger partial charge on any atom is -0.483 e. The molecule has 5 nitrogen and oxygen atoms in total. The fourth-order valence-corrected chi connectivity index (χ4v) is 5.23. The van der Waals surface area contributed by atoms with Crippen LogP contribution in [-0.4, -0.2) is 45.1 Å².